The van der Waals surface area contributed by atoms with Crippen molar-refractivity contribution in [3.8, 4) is 0 Å². The number of carboxylic acids is 1. The lowest BCUT2D eigenvalue weighted by atomic mass is 10.3. The maximum atomic E-state index is 12.5. The number of hydrogen-bond donors (Lipinski definition) is 1. The predicted octanol–water partition coefficient (Wildman–Crippen LogP) is 0.945. The van der Waals surface area contributed by atoms with E-state index >= 15 is 0 Å². The molecule has 1 heterocycles. The summed E-state index contributed by atoms with van der Waals surface area (Å²) in [6.07, 6.45) is 0. The Balaban J connectivity index is 2.14. The molecule has 1 aromatic carbocycles. The van der Waals surface area contributed by atoms with E-state index in [4.69, 9.17) is 5.11 Å². The minimum absolute atomic E-state index is 0.244. The second-order valence-electron chi connectivity index (χ2n) is 4.89. The number of hydrogen-bond acceptors (Lipinski definition) is 3. The molecule has 2 rings (SSSR count). The Morgan fingerprint density at radius 3 is 2.30 bits per heavy atom. The third-order valence-corrected chi connectivity index (χ3v) is 3.37. The van der Waals surface area contributed by atoms with Gasteiger partial charge in [0.05, 0.1) is 0 Å². The van der Waals surface area contributed by atoms with Crippen LogP contribution in [0.25, 0.3) is 0 Å². The van der Waals surface area contributed by atoms with Crippen LogP contribution in [0.4, 0.5) is 10.5 Å². The van der Waals surface area contributed by atoms with E-state index in [1.807, 2.05) is 13.1 Å². The second-order valence-corrected chi connectivity index (χ2v) is 4.89. The smallest absolute Gasteiger partial charge is 0.325 e. The maximum absolute atomic E-state index is 12.5. The summed E-state index contributed by atoms with van der Waals surface area (Å²) in [6, 6.07) is 8.67. The predicted molar refractivity (Wildman–Crippen MR) is 75.9 cm³/mol. The maximum Gasteiger partial charge on any atom is 0.325 e. The van der Waals surface area contributed by atoms with Crippen molar-refractivity contribution in [3.63, 3.8) is 0 Å². The summed E-state index contributed by atoms with van der Waals surface area (Å²) in [5.41, 5.74) is 0.610. The van der Waals surface area contributed by atoms with Crippen LogP contribution in [0.2, 0.25) is 0 Å². The first-order valence-corrected chi connectivity index (χ1v) is 6.60. The van der Waals surface area contributed by atoms with E-state index in [-0.39, 0.29) is 12.6 Å². The summed E-state index contributed by atoms with van der Waals surface area (Å²) in [7, 11) is 2.01. The SMILES string of the molecule is CN1CCN(C(=O)N(CC(=O)O)c2ccccc2)CC1. The molecule has 0 saturated carbocycles. The number of aliphatic carboxylic acids is 1. The summed E-state index contributed by atoms with van der Waals surface area (Å²) in [6.45, 7) is 2.54. The molecule has 6 heteroatoms. The fraction of sp³-hybridized carbons (Fsp3) is 0.429. The number of anilines is 1. The molecule has 0 aromatic heterocycles. The van der Waals surface area contributed by atoms with E-state index in [0.29, 0.717) is 18.8 Å². The van der Waals surface area contributed by atoms with Crippen molar-refractivity contribution in [2.75, 3.05) is 44.7 Å². The highest BCUT2D eigenvalue weighted by molar-refractivity contribution is 5.96. The molecule has 1 aliphatic rings. The first-order valence-electron chi connectivity index (χ1n) is 6.60. The first-order chi connectivity index (χ1) is 9.58. The highest BCUT2D eigenvalue weighted by Crippen LogP contribution is 2.16. The molecule has 2 amide bonds. The van der Waals surface area contributed by atoms with Crippen molar-refractivity contribution >= 4 is 17.7 Å². The van der Waals surface area contributed by atoms with Crippen molar-refractivity contribution in [2.24, 2.45) is 0 Å². The molecular formula is C14H19N3O3. The molecule has 1 aromatic rings. The first kappa shape index (κ1) is 14.3. The van der Waals surface area contributed by atoms with E-state index in [1.165, 1.54) is 4.90 Å². The zero-order valence-electron chi connectivity index (χ0n) is 11.5. The van der Waals surface area contributed by atoms with Crippen LogP contribution in [0.5, 0.6) is 0 Å². The molecule has 0 aliphatic carbocycles. The molecule has 1 fully saturated rings. The van der Waals surface area contributed by atoms with Gasteiger partial charge in [-0.2, -0.15) is 0 Å². The van der Waals surface area contributed by atoms with Crippen molar-refractivity contribution < 1.29 is 14.7 Å². The quantitative estimate of drug-likeness (QED) is 0.893. The molecule has 0 bridgehead atoms. The van der Waals surface area contributed by atoms with Crippen LogP contribution >= 0.6 is 0 Å². The number of carboxylic acid groups (broad SMARTS) is 1. The zero-order chi connectivity index (χ0) is 14.5. The second kappa shape index (κ2) is 6.38. The van der Waals surface area contributed by atoms with Crippen LogP contribution in [0.1, 0.15) is 0 Å². The van der Waals surface area contributed by atoms with Crippen molar-refractivity contribution in [1.29, 1.82) is 0 Å². The molecule has 1 saturated heterocycles. The number of rotatable bonds is 3. The summed E-state index contributed by atoms with van der Waals surface area (Å²) in [4.78, 5) is 28.7. The Kier molecular flexibility index (Phi) is 4.57. The van der Waals surface area contributed by atoms with Crippen LogP contribution in [0, 0.1) is 0 Å². The average Bonchev–Trinajstić information content (AvgIpc) is 2.45. The molecule has 6 nitrogen and oxygen atoms in total. The van der Waals surface area contributed by atoms with Gasteiger partial charge >= 0.3 is 12.0 Å². The monoisotopic (exact) mass is 277 g/mol. The number of urea groups is 1. The highest BCUT2D eigenvalue weighted by Gasteiger charge is 2.26. The van der Waals surface area contributed by atoms with E-state index in [1.54, 1.807) is 29.2 Å². The van der Waals surface area contributed by atoms with Crippen LogP contribution < -0.4 is 4.90 Å². The lowest BCUT2D eigenvalue weighted by molar-refractivity contribution is -0.135. The minimum atomic E-state index is -1.02. The Morgan fingerprint density at radius 1 is 1.15 bits per heavy atom. The third kappa shape index (κ3) is 3.48. The Bertz CT molecular complexity index is 470. The topological polar surface area (TPSA) is 64.1 Å². The van der Waals surface area contributed by atoms with Crippen LogP contribution in [0.3, 0.4) is 0 Å². The van der Waals surface area contributed by atoms with Gasteiger partial charge in [-0.15, -0.1) is 0 Å². The van der Waals surface area contributed by atoms with Crippen LogP contribution in [0.15, 0.2) is 30.3 Å². The van der Waals surface area contributed by atoms with Crippen molar-refractivity contribution in [3.05, 3.63) is 30.3 Å². The van der Waals surface area contributed by atoms with Gasteiger partial charge in [0.15, 0.2) is 0 Å². The van der Waals surface area contributed by atoms with Crippen LogP contribution in [-0.2, 0) is 4.79 Å². The lowest BCUT2D eigenvalue weighted by Crippen LogP contribution is -2.53. The molecule has 0 unspecified atom stereocenters. The molecule has 1 N–H and O–H groups in total. The zero-order valence-corrected chi connectivity index (χ0v) is 11.5. The largest absolute Gasteiger partial charge is 0.480 e. The number of carbonyl (C=O) groups is 2. The average molecular weight is 277 g/mol. The standard InChI is InChI=1S/C14H19N3O3/c1-15-7-9-16(10-8-15)14(20)17(11-13(18)19)12-5-3-2-4-6-12/h2-6H,7-11H2,1H3,(H,18,19). The lowest BCUT2D eigenvalue weighted by Gasteiger charge is -2.35. The van der Waals surface area contributed by atoms with Gasteiger partial charge in [-0.1, -0.05) is 18.2 Å². The Hall–Kier alpha value is -2.08. The number of piperazine rings is 1. The summed E-state index contributed by atoms with van der Waals surface area (Å²) < 4.78 is 0. The molecule has 0 spiro atoms. The van der Waals surface area contributed by atoms with Gasteiger partial charge < -0.3 is 14.9 Å². The Labute approximate surface area is 118 Å². The van der Waals surface area contributed by atoms with Gasteiger partial charge in [-0.05, 0) is 19.2 Å². The summed E-state index contributed by atoms with van der Waals surface area (Å²) in [5, 5.41) is 9.01. The number of nitrogens with zero attached hydrogens (tertiary/aromatic N) is 3. The van der Waals surface area contributed by atoms with Gasteiger partial charge in [-0.3, -0.25) is 9.69 Å². The van der Waals surface area contributed by atoms with Crippen molar-refractivity contribution in [2.45, 2.75) is 0 Å². The molecule has 20 heavy (non-hydrogen) atoms. The molecule has 0 atom stereocenters. The third-order valence-electron chi connectivity index (χ3n) is 3.37. The fourth-order valence-electron chi connectivity index (χ4n) is 2.18. The normalized spacial score (nSPS) is 15.9. The number of likely N-dealkylation sites (N-methyl/N-ethyl adjacent to an activating group) is 1. The molecule has 0 radical (unpaired) electrons. The number of carbonyl (C=O) groups excluding carboxylic acids is 1. The highest BCUT2D eigenvalue weighted by atomic mass is 16.4. The van der Waals surface area contributed by atoms with Crippen LogP contribution in [-0.4, -0.2) is 66.7 Å². The number of amides is 2. The van der Waals surface area contributed by atoms with Crippen molar-refractivity contribution in [1.82, 2.24) is 9.80 Å². The van der Waals surface area contributed by atoms with E-state index < -0.39 is 5.97 Å². The van der Waals surface area contributed by atoms with E-state index in [9.17, 15) is 9.59 Å². The number of para-hydroxylation sites is 1. The van der Waals surface area contributed by atoms with Gasteiger partial charge in [-0.25, -0.2) is 4.79 Å². The van der Waals surface area contributed by atoms with Gasteiger partial charge in [0, 0.05) is 31.9 Å². The minimum Gasteiger partial charge on any atom is -0.480 e. The van der Waals surface area contributed by atoms with Gasteiger partial charge in [0.25, 0.3) is 0 Å². The fourth-order valence-corrected chi connectivity index (χ4v) is 2.18. The van der Waals surface area contributed by atoms with Gasteiger partial charge in [0.2, 0.25) is 0 Å². The molecule has 108 valence electrons. The number of benzene rings is 1. The summed E-state index contributed by atoms with van der Waals surface area (Å²) >= 11 is 0. The van der Waals surface area contributed by atoms with Gasteiger partial charge in [0.1, 0.15) is 6.54 Å². The van der Waals surface area contributed by atoms with E-state index in [0.717, 1.165) is 13.1 Å². The molecular weight excluding hydrogens is 258 g/mol. The Morgan fingerprint density at radius 2 is 1.75 bits per heavy atom. The summed E-state index contributed by atoms with van der Waals surface area (Å²) in [5.74, 6) is -1.02. The molecule has 1 aliphatic heterocycles. The van der Waals surface area contributed by atoms with E-state index in [2.05, 4.69) is 4.90 Å².